The minimum absolute atomic E-state index is 0. The van der Waals surface area contributed by atoms with Gasteiger partial charge >= 0.3 is 0 Å². The van der Waals surface area contributed by atoms with E-state index in [-0.39, 0.29) is 24.0 Å². The van der Waals surface area contributed by atoms with Crippen molar-refractivity contribution in [2.24, 2.45) is 4.99 Å². The molecule has 7 heteroatoms. The average molecular weight is 440 g/mol. The summed E-state index contributed by atoms with van der Waals surface area (Å²) in [5.41, 5.74) is 1.18. The van der Waals surface area contributed by atoms with Gasteiger partial charge in [-0.3, -0.25) is 4.99 Å². The molecule has 2 rings (SSSR count). The van der Waals surface area contributed by atoms with Gasteiger partial charge in [-0.2, -0.15) is 11.8 Å². The van der Waals surface area contributed by atoms with Gasteiger partial charge in [-0.1, -0.05) is 6.92 Å². The van der Waals surface area contributed by atoms with E-state index >= 15 is 0 Å². The highest BCUT2D eigenvalue weighted by Gasteiger charge is 2.21. The number of guanidine groups is 1. The maximum absolute atomic E-state index is 4.49. The molecule has 1 aliphatic heterocycles. The lowest BCUT2D eigenvalue weighted by molar-refractivity contribution is 0.408. The Bertz CT molecular complexity index is 450. The Hall–Kier alpha value is -0.0200. The highest BCUT2D eigenvalue weighted by Crippen LogP contribution is 2.20. The zero-order valence-corrected chi connectivity index (χ0v) is 16.9. The fourth-order valence-corrected chi connectivity index (χ4v) is 4.14. The van der Waals surface area contributed by atoms with Crippen molar-refractivity contribution in [3.05, 3.63) is 16.1 Å². The first-order valence-corrected chi connectivity index (χ1v) is 9.14. The Morgan fingerprint density at radius 1 is 1.57 bits per heavy atom. The van der Waals surface area contributed by atoms with E-state index in [1.54, 1.807) is 11.3 Å². The van der Waals surface area contributed by atoms with Crippen molar-refractivity contribution < 1.29 is 0 Å². The molecule has 0 amide bonds. The highest BCUT2D eigenvalue weighted by molar-refractivity contribution is 14.0. The normalized spacial score (nSPS) is 19.3. The third-order valence-electron chi connectivity index (χ3n) is 3.44. The molecule has 2 heterocycles. The van der Waals surface area contributed by atoms with Crippen LogP contribution in [-0.4, -0.2) is 53.5 Å². The highest BCUT2D eigenvalue weighted by atomic mass is 127. The van der Waals surface area contributed by atoms with Gasteiger partial charge in [0.25, 0.3) is 0 Å². The smallest absolute Gasteiger partial charge is 0.193 e. The van der Waals surface area contributed by atoms with Crippen LogP contribution in [0.2, 0.25) is 0 Å². The monoisotopic (exact) mass is 440 g/mol. The Balaban J connectivity index is 0.00000220. The van der Waals surface area contributed by atoms with Crippen LogP contribution in [0.4, 0.5) is 0 Å². The van der Waals surface area contributed by atoms with Crippen LogP contribution >= 0.6 is 47.1 Å². The van der Waals surface area contributed by atoms with E-state index in [2.05, 4.69) is 51.2 Å². The third-order valence-corrected chi connectivity index (χ3v) is 5.63. The molecular weight excluding hydrogens is 415 g/mol. The Morgan fingerprint density at radius 3 is 3.00 bits per heavy atom. The van der Waals surface area contributed by atoms with Gasteiger partial charge in [0.15, 0.2) is 5.96 Å². The molecule has 0 spiro atoms. The summed E-state index contributed by atoms with van der Waals surface area (Å²) in [6, 6.07) is 0. The Kier molecular flexibility index (Phi) is 8.96. The summed E-state index contributed by atoms with van der Waals surface area (Å²) < 4.78 is 0. The van der Waals surface area contributed by atoms with Crippen molar-refractivity contribution in [2.75, 3.05) is 32.4 Å². The fourth-order valence-electron chi connectivity index (χ4n) is 2.32. The van der Waals surface area contributed by atoms with E-state index in [9.17, 15) is 0 Å². The second-order valence-corrected chi connectivity index (χ2v) is 7.40. The molecule has 0 aromatic carbocycles. The summed E-state index contributed by atoms with van der Waals surface area (Å²) >= 11 is 3.80. The van der Waals surface area contributed by atoms with Gasteiger partial charge in [-0.15, -0.1) is 35.3 Å². The van der Waals surface area contributed by atoms with E-state index in [0.717, 1.165) is 42.3 Å². The van der Waals surface area contributed by atoms with Crippen LogP contribution in [0.5, 0.6) is 0 Å². The number of hydrogen-bond donors (Lipinski definition) is 1. The molecule has 1 fully saturated rings. The number of aromatic nitrogens is 1. The van der Waals surface area contributed by atoms with Gasteiger partial charge in [0.2, 0.25) is 0 Å². The predicted octanol–water partition coefficient (Wildman–Crippen LogP) is 3.01. The molecule has 21 heavy (non-hydrogen) atoms. The molecule has 0 saturated carbocycles. The maximum Gasteiger partial charge on any atom is 0.193 e. The first-order chi connectivity index (χ1) is 9.72. The van der Waals surface area contributed by atoms with Crippen LogP contribution < -0.4 is 5.32 Å². The van der Waals surface area contributed by atoms with Crippen molar-refractivity contribution in [3.8, 4) is 0 Å². The van der Waals surface area contributed by atoms with Crippen molar-refractivity contribution in [2.45, 2.75) is 31.9 Å². The number of nitrogens with zero attached hydrogens (tertiary/aromatic N) is 3. The van der Waals surface area contributed by atoms with Crippen LogP contribution in [0.25, 0.3) is 0 Å². The molecule has 0 bridgehead atoms. The third kappa shape index (κ3) is 5.94. The first kappa shape index (κ1) is 19.0. The van der Waals surface area contributed by atoms with Crippen LogP contribution in [0.1, 0.15) is 24.0 Å². The SMILES string of the molecule is CCC1CN(C(=NC)NCCc2csc(C)n2)CCS1.I. The molecule has 0 radical (unpaired) electrons. The lowest BCUT2D eigenvalue weighted by Crippen LogP contribution is -2.48. The molecule has 1 atom stereocenters. The van der Waals surface area contributed by atoms with Crippen LogP contribution in [0.15, 0.2) is 10.4 Å². The van der Waals surface area contributed by atoms with E-state index in [0.29, 0.717) is 0 Å². The lowest BCUT2D eigenvalue weighted by Gasteiger charge is -2.34. The van der Waals surface area contributed by atoms with E-state index in [1.165, 1.54) is 17.9 Å². The minimum atomic E-state index is 0. The zero-order valence-electron chi connectivity index (χ0n) is 13.0. The Labute approximate surface area is 153 Å². The second-order valence-electron chi connectivity index (χ2n) is 4.93. The lowest BCUT2D eigenvalue weighted by atomic mass is 10.3. The van der Waals surface area contributed by atoms with Crippen molar-refractivity contribution >= 4 is 53.0 Å². The van der Waals surface area contributed by atoms with E-state index in [4.69, 9.17) is 0 Å². The average Bonchev–Trinajstić information content (AvgIpc) is 2.89. The van der Waals surface area contributed by atoms with Gasteiger partial charge in [0.05, 0.1) is 10.7 Å². The standard InChI is InChI=1S/C14H24N4S2.HI/c1-4-13-9-18(7-8-19-13)14(15-3)16-6-5-12-10-20-11(2)17-12;/h10,13H,4-9H2,1-3H3,(H,15,16);1H. The Morgan fingerprint density at radius 2 is 2.38 bits per heavy atom. The number of nitrogens with one attached hydrogen (secondary N) is 1. The van der Waals surface area contributed by atoms with E-state index in [1.807, 2.05) is 7.05 Å². The zero-order chi connectivity index (χ0) is 14.4. The minimum Gasteiger partial charge on any atom is -0.356 e. The van der Waals surface area contributed by atoms with Gasteiger partial charge in [0, 0.05) is 49.5 Å². The molecule has 1 N–H and O–H groups in total. The topological polar surface area (TPSA) is 40.5 Å². The number of thiazole rings is 1. The first-order valence-electron chi connectivity index (χ1n) is 7.21. The maximum atomic E-state index is 4.49. The van der Waals surface area contributed by atoms with Crippen LogP contribution in [0.3, 0.4) is 0 Å². The molecule has 1 aromatic rings. The van der Waals surface area contributed by atoms with Gasteiger partial charge in [-0.25, -0.2) is 4.98 Å². The fraction of sp³-hybridized carbons (Fsp3) is 0.714. The molecule has 120 valence electrons. The quantitative estimate of drug-likeness (QED) is 0.444. The summed E-state index contributed by atoms with van der Waals surface area (Å²) in [6.07, 6.45) is 2.19. The molecule has 4 nitrogen and oxygen atoms in total. The number of aliphatic imine (C=N–C) groups is 1. The molecule has 1 saturated heterocycles. The number of aryl methyl sites for hydroxylation is 1. The largest absolute Gasteiger partial charge is 0.356 e. The van der Waals surface area contributed by atoms with Gasteiger partial charge < -0.3 is 10.2 Å². The predicted molar refractivity (Wildman–Crippen MR) is 105 cm³/mol. The van der Waals surface area contributed by atoms with Gasteiger partial charge in [0.1, 0.15) is 0 Å². The summed E-state index contributed by atoms with van der Waals surface area (Å²) in [5, 5.41) is 7.50. The van der Waals surface area contributed by atoms with Crippen LogP contribution in [-0.2, 0) is 6.42 Å². The van der Waals surface area contributed by atoms with Crippen LogP contribution in [0, 0.1) is 6.92 Å². The van der Waals surface area contributed by atoms with Crippen molar-refractivity contribution in [3.63, 3.8) is 0 Å². The molecule has 0 aliphatic carbocycles. The van der Waals surface area contributed by atoms with Gasteiger partial charge in [-0.05, 0) is 13.3 Å². The summed E-state index contributed by atoms with van der Waals surface area (Å²) in [5.74, 6) is 2.24. The molecule has 1 unspecified atom stereocenters. The summed E-state index contributed by atoms with van der Waals surface area (Å²) in [4.78, 5) is 11.3. The molecule has 1 aliphatic rings. The summed E-state index contributed by atoms with van der Waals surface area (Å²) in [7, 11) is 1.87. The number of thioether (sulfide) groups is 1. The number of halogens is 1. The van der Waals surface area contributed by atoms with E-state index < -0.39 is 0 Å². The second kappa shape index (κ2) is 9.89. The molecular formula is C14H25IN4S2. The number of hydrogen-bond acceptors (Lipinski definition) is 4. The van der Waals surface area contributed by atoms with Crippen molar-refractivity contribution in [1.82, 2.24) is 15.2 Å². The summed E-state index contributed by atoms with van der Waals surface area (Å²) in [6.45, 7) is 7.42. The number of rotatable bonds is 4. The van der Waals surface area contributed by atoms with Crippen molar-refractivity contribution in [1.29, 1.82) is 0 Å². The molecule has 1 aromatic heterocycles.